The van der Waals surface area contributed by atoms with E-state index in [9.17, 15) is 18.0 Å². The number of carbonyl (C=O) groups excluding carboxylic acids is 1. The summed E-state index contributed by atoms with van der Waals surface area (Å²) in [6, 6.07) is 0.951. The van der Waals surface area contributed by atoms with E-state index in [2.05, 4.69) is 15.5 Å². The van der Waals surface area contributed by atoms with E-state index < -0.39 is 11.9 Å². The Labute approximate surface area is 130 Å². The van der Waals surface area contributed by atoms with Gasteiger partial charge in [0.2, 0.25) is 5.91 Å². The molecule has 0 saturated heterocycles. The lowest BCUT2D eigenvalue weighted by molar-refractivity contribution is -0.141. The minimum Gasteiger partial charge on any atom is -0.362 e. The first-order valence-corrected chi connectivity index (χ1v) is 6.72. The molecule has 0 aliphatic carbocycles. The van der Waals surface area contributed by atoms with Gasteiger partial charge in [-0.1, -0.05) is 0 Å². The van der Waals surface area contributed by atoms with Crippen molar-refractivity contribution in [3.63, 3.8) is 0 Å². The molecule has 0 unspecified atom stereocenters. The van der Waals surface area contributed by atoms with Gasteiger partial charge in [0, 0.05) is 25.8 Å². The second kappa shape index (κ2) is 6.82. The van der Waals surface area contributed by atoms with E-state index in [4.69, 9.17) is 4.74 Å². The number of carbonyl (C=O) groups is 1. The van der Waals surface area contributed by atoms with Crippen molar-refractivity contribution in [2.24, 2.45) is 0 Å². The van der Waals surface area contributed by atoms with Gasteiger partial charge in [0.1, 0.15) is 6.73 Å². The van der Waals surface area contributed by atoms with Gasteiger partial charge in [0.05, 0.1) is 18.1 Å². The number of aromatic nitrogens is 4. The van der Waals surface area contributed by atoms with Crippen molar-refractivity contribution in [3.8, 4) is 0 Å². The van der Waals surface area contributed by atoms with E-state index in [0.29, 0.717) is 11.4 Å². The number of halogens is 3. The molecule has 0 aliphatic rings. The molecule has 10 heteroatoms. The van der Waals surface area contributed by atoms with Crippen molar-refractivity contribution in [1.82, 2.24) is 19.6 Å². The van der Waals surface area contributed by atoms with Crippen LogP contribution in [0.1, 0.15) is 17.8 Å². The van der Waals surface area contributed by atoms with E-state index in [0.717, 1.165) is 10.7 Å². The molecule has 0 saturated carbocycles. The lowest BCUT2D eigenvalue weighted by atomic mass is 10.3. The molecule has 0 radical (unpaired) electrons. The number of amides is 1. The lowest BCUT2D eigenvalue weighted by Gasteiger charge is -2.05. The summed E-state index contributed by atoms with van der Waals surface area (Å²) < 4.78 is 45.2. The zero-order valence-electron chi connectivity index (χ0n) is 12.6. The molecule has 2 aromatic heterocycles. The van der Waals surface area contributed by atoms with Crippen molar-refractivity contribution in [2.45, 2.75) is 32.8 Å². The number of nitrogens with one attached hydrogen (secondary N) is 1. The average Bonchev–Trinajstić information content (AvgIpc) is 3.03. The molecule has 126 valence electrons. The smallest absolute Gasteiger partial charge is 0.362 e. The molecular formula is C13H16F3N5O2. The van der Waals surface area contributed by atoms with Gasteiger partial charge in [-0.15, -0.1) is 0 Å². The summed E-state index contributed by atoms with van der Waals surface area (Å²) in [6.07, 6.45) is -1.45. The largest absolute Gasteiger partial charge is 0.435 e. The van der Waals surface area contributed by atoms with E-state index in [1.165, 1.54) is 24.9 Å². The summed E-state index contributed by atoms with van der Waals surface area (Å²) in [4.78, 5) is 11.8. The fourth-order valence-corrected chi connectivity index (χ4v) is 1.94. The van der Waals surface area contributed by atoms with Gasteiger partial charge < -0.3 is 10.1 Å². The Morgan fingerprint density at radius 3 is 2.78 bits per heavy atom. The fourth-order valence-electron chi connectivity index (χ4n) is 1.94. The highest BCUT2D eigenvalue weighted by molar-refractivity contribution is 5.90. The van der Waals surface area contributed by atoms with Crippen LogP contribution in [0.25, 0.3) is 0 Å². The molecule has 0 bridgehead atoms. The number of nitrogens with zero attached hydrogens (tertiary/aromatic N) is 4. The number of aryl methyl sites for hydroxylation is 2. The topological polar surface area (TPSA) is 74.0 Å². The average molecular weight is 331 g/mol. The SMILES string of the molecule is COCn1cc(NC(=O)CCn2nc(C(F)(F)F)cc2C)cn1. The molecule has 2 rings (SSSR count). The predicted octanol–water partition coefficient (Wildman–Crippen LogP) is 2.04. The molecule has 0 spiro atoms. The summed E-state index contributed by atoms with van der Waals surface area (Å²) >= 11 is 0. The molecule has 0 aromatic carbocycles. The van der Waals surface area contributed by atoms with Crippen molar-refractivity contribution >= 4 is 11.6 Å². The Balaban J connectivity index is 1.90. The number of rotatable bonds is 6. The standard InChI is InChI=1S/C13H16F3N5O2/c1-9-5-11(13(14,15)16)19-21(9)4-3-12(22)18-10-6-17-20(7-10)8-23-2/h5-7H,3-4,8H2,1-2H3,(H,18,22). The van der Waals surface area contributed by atoms with Crippen LogP contribution in [-0.2, 0) is 29.0 Å². The van der Waals surface area contributed by atoms with Crippen molar-refractivity contribution in [1.29, 1.82) is 0 Å². The Bertz CT molecular complexity index is 677. The summed E-state index contributed by atoms with van der Waals surface area (Å²) in [5.41, 5.74) is -0.130. The first-order chi connectivity index (χ1) is 10.8. The van der Waals surface area contributed by atoms with Crippen LogP contribution in [0.4, 0.5) is 18.9 Å². The molecule has 2 aromatic rings. The molecule has 2 heterocycles. The summed E-state index contributed by atoms with van der Waals surface area (Å²) in [6.45, 7) is 1.82. The number of methoxy groups -OCH3 is 1. The van der Waals surface area contributed by atoms with E-state index in [-0.39, 0.29) is 25.6 Å². The Morgan fingerprint density at radius 1 is 1.43 bits per heavy atom. The van der Waals surface area contributed by atoms with E-state index in [1.54, 1.807) is 6.20 Å². The third-order valence-corrected chi connectivity index (χ3v) is 3.00. The first kappa shape index (κ1) is 17.0. The van der Waals surface area contributed by atoms with Crippen LogP contribution in [0.15, 0.2) is 18.5 Å². The number of hydrogen-bond donors (Lipinski definition) is 1. The maximum Gasteiger partial charge on any atom is 0.435 e. The third-order valence-electron chi connectivity index (χ3n) is 3.00. The minimum absolute atomic E-state index is 0.00469. The Morgan fingerprint density at radius 2 is 2.17 bits per heavy atom. The first-order valence-electron chi connectivity index (χ1n) is 6.72. The monoisotopic (exact) mass is 331 g/mol. The molecule has 0 fully saturated rings. The van der Waals surface area contributed by atoms with E-state index >= 15 is 0 Å². The number of anilines is 1. The van der Waals surface area contributed by atoms with Gasteiger partial charge in [-0.25, -0.2) is 4.68 Å². The van der Waals surface area contributed by atoms with E-state index in [1.807, 2.05) is 0 Å². The zero-order chi connectivity index (χ0) is 17.0. The maximum atomic E-state index is 12.6. The molecule has 0 atom stereocenters. The fraction of sp³-hybridized carbons (Fsp3) is 0.462. The third kappa shape index (κ3) is 4.55. The highest BCUT2D eigenvalue weighted by Crippen LogP contribution is 2.28. The Hall–Kier alpha value is -2.36. The predicted molar refractivity (Wildman–Crippen MR) is 74.4 cm³/mol. The number of hydrogen-bond acceptors (Lipinski definition) is 4. The van der Waals surface area contributed by atoms with Gasteiger partial charge in [0.25, 0.3) is 0 Å². The Kier molecular flexibility index (Phi) is 5.04. The van der Waals surface area contributed by atoms with Crippen LogP contribution in [0, 0.1) is 6.92 Å². The van der Waals surface area contributed by atoms with Crippen LogP contribution in [0.2, 0.25) is 0 Å². The van der Waals surface area contributed by atoms with Crippen LogP contribution < -0.4 is 5.32 Å². The number of alkyl halides is 3. The van der Waals surface area contributed by atoms with Crippen molar-refractivity contribution < 1.29 is 22.7 Å². The van der Waals surface area contributed by atoms with Gasteiger partial charge in [-0.3, -0.25) is 9.48 Å². The molecule has 1 amide bonds. The summed E-state index contributed by atoms with van der Waals surface area (Å²) in [7, 11) is 1.52. The highest BCUT2D eigenvalue weighted by Gasteiger charge is 2.34. The highest BCUT2D eigenvalue weighted by atomic mass is 19.4. The molecular weight excluding hydrogens is 315 g/mol. The second-order valence-electron chi connectivity index (χ2n) is 4.88. The van der Waals surface area contributed by atoms with Gasteiger partial charge in [-0.2, -0.15) is 23.4 Å². The van der Waals surface area contributed by atoms with Crippen LogP contribution in [0.3, 0.4) is 0 Å². The normalized spacial score (nSPS) is 11.7. The summed E-state index contributed by atoms with van der Waals surface area (Å²) in [5, 5.41) is 10.0. The van der Waals surface area contributed by atoms with Gasteiger partial charge in [0.15, 0.2) is 5.69 Å². The van der Waals surface area contributed by atoms with Crippen molar-refractivity contribution in [3.05, 3.63) is 29.8 Å². The van der Waals surface area contributed by atoms with Crippen LogP contribution >= 0.6 is 0 Å². The molecule has 23 heavy (non-hydrogen) atoms. The van der Waals surface area contributed by atoms with Crippen LogP contribution in [0.5, 0.6) is 0 Å². The van der Waals surface area contributed by atoms with Gasteiger partial charge in [-0.05, 0) is 13.0 Å². The number of ether oxygens (including phenoxy) is 1. The quantitative estimate of drug-likeness (QED) is 0.879. The van der Waals surface area contributed by atoms with Gasteiger partial charge >= 0.3 is 6.18 Å². The van der Waals surface area contributed by atoms with Crippen molar-refractivity contribution in [2.75, 3.05) is 12.4 Å². The zero-order valence-corrected chi connectivity index (χ0v) is 12.6. The maximum absolute atomic E-state index is 12.6. The molecule has 1 N–H and O–H groups in total. The minimum atomic E-state index is -4.49. The lowest BCUT2D eigenvalue weighted by Crippen LogP contribution is -2.16. The molecule has 0 aliphatic heterocycles. The summed E-state index contributed by atoms with van der Waals surface area (Å²) in [5.74, 6) is -0.342. The van der Waals surface area contributed by atoms with Crippen LogP contribution in [-0.4, -0.2) is 32.6 Å². The molecule has 7 nitrogen and oxygen atoms in total. The second-order valence-corrected chi connectivity index (χ2v) is 4.88.